The number of nitrogens with zero attached hydrogens (tertiary/aromatic N) is 4. The van der Waals surface area contributed by atoms with Crippen LogP contribution in [0.4, 0.5) is 0 Å². The first-order valence-corrected chi connectivity index (χ1v) is 6.77. The molecule has 19 heavy (non-hydrogen) atoms. The summed E-state index contributed by atoms with van der Waals surface area (Å²) < 4.78 is 1.77. The van der Waals surface area contributed by atoms with Crippen LogP contribution in [0.5, 0.6) is 0 Å². The summed E-state index contributed by atoms with van der Waals surface area (Å²) in [5, 5.41) is 4.18. The molecule has 0 aliphatic heterocycles. The standard InChI is InChI=1S/C14H21N5/c1-4-12-11(6-7-15)13(5-2)18-14(17-12)10-8-16-19(3)9-10/h8-9H,4-7,15H2,1-3H3. The highest BCUT2D eigenvalue weighted by Crippen LogP contribution is 2.20. The molecule has 0 saturated carbocycles. The minimum absolute atomic E-state index is 0.635. The van der Waals surface area contributed by atoms with E-state index in [1.165, 1.54) is 5.56 Å². The van der Waals surface area contributed by atoms with Gasteiger partial charge in [-0.1, -0.05) is 13.8 Å². The number of nitrogens with two attached hydrogens (primary N) is 1. The van der Waals surface area contributed by atoms with E-state index >= 15 is 0 Å². The summed E-state index contributed by atoms with van der Waals surface area (Å²) in [7, 11) is 1.90. The summed E-state index contributed by atoms with van der Waals surface area (Å²) in [6, 6.07) is 0. The van der Waals surface area contributed by atoms with E-state index < -0.39 is 0 Å². The van der Waals surface area contributed by atoms with E-state index in [1.807, 2.05) is 13.2 Å². The summed E-state index contributed by atoms with van der Waals surface area (Å²) in [5.74, 6) is 0.766. The molecular weight excluding hydrogens is 238 g/mol. The third-order valence-corrected chi connectivity index (χ3v) is 3.21. The van der Waals surface area contributed by atoms with E-state index in [0.29, 0.717) is 6.54 Å². The Bertz CT molecular complexity index is 534. The van der Waals surface area contributed by atoms with Gasteiger partial charge in [0.25, 0.3) is 0 Å². The van der Waals surface area contributed by atoms with Crippen molar-refractivity contribution in [1.82, 2.24) is 19.7 Å². The number of hydrogen-bond acceptors (Lipinski definition) is 4. The van der Waals surface area contributed by atoms with Gasteiger partial charge in [0.15, 0.2) is 5.82 Å². The van der Waals surface area contributed by atoms with Crippen molar-refractivity contribution in [3.63, 3.8) is 0 Å². The van der Waals surface area contributed by atoms with Crippen LogP contribution in [-0.4, -0.2) is 26.3 Å². The van der Waals surface area contributed by atoms with E-state index in [2.05, 4.69) is 28.9 Å². The molecule has 0 aromatic carbocycles. The molecule has 0 aliphatic carbocycles. The first-order valence-electron chi connectivity index (χ1n) is 6.77. The lowest BCUT2D eigenvalue weighted by Crippen LogP contribution is -2.12. The summed E-state index contributed by atoms with van der Waals surface area (Å²) in [4.78, 5) is 9.36. The zero-order valence-electron chi connectivity index (χ0n) is 11.8. The van der Waals surface area contributed by atoms with Crippen molar-refractivity contribution < 1.29 is 0 Å². The van der Waals surface area contributed by atoms with E-state index in [1.54, 1.807) is 10.9 Å². The zero-order valence-corrected chi connectivity index (χ0v) is 11.8. The average Bonchev–Trinajstić information content (AvgIpc) is 2.85. The molecule has 2 aromatic heterocycles. The van der Waals surface area contributed by atoms with E-state index in [0.717, 1.165) is 42.0 Å². The van der Waals surface area contributed by atoms with Gasteiger partial charge in [-0.05, 0) is 31.4 Å². The Morgan fingerprint density at radius 1 is 1.16 bits per heavy atom. The zero-order chi connectivity index (χ0) is 13.8. The highest BCUT2D eigenvalue weighted by Gasteiger charge is 2.13. The average molecular weight is 259 g/mol. The molecule has 5 nitrogen and oxygen atoms in total. The van der Waals surface area contributed by atoms with Crippen molar-refractivity contribution in [2.24, 2.45) is 12.8 Å². The van der Waals surface area contributed by atoms with Gasteiger partial charge in [0.05, 0.1) is 11.8 Å². The Kier molecular flexibility index (Phi) is 4.27. The van der Waals surface area contributed by atoms with Crippen LogP contribution in [0.2, 0.25) is 0 Å². The van der Waals surface area contributed by atoms with Gasteiger partial charge in [-0.15, -0.1) is 0 Å². The lowest BCUT2D eigenvalue weighted by atomic mass is 10.0. The summed E-state index contributed by atoms with van der Waals surface area (Å²) in [5.41, 5.74) is 10.1. The highest BCUT2D eigenvalue weighted by molar-refractivity contribution is 5.53. The van der Waals surface area contributed by atoms with Crippen molar-refractivity contribution in [3.8, 4) is 11.4 Å². The summed E-state index contributed by atoms with van der Waals surface area (Å²) in [6.07, 6.45) is 6.39. The maximum atomic E-state index is 5.69. The van der Waals surface area contributed by atoms with Crippen molar-refractivity contribution in [3.05, 3.63) is 29.3 Å². The van der Waals surface area contributed by atoms with Crippen LogP contribution in [0.1, 0.15) is 30.8 Å². The molecule has 2 aromatic rings. The third kappa shape index (κ3) is 2.81. The number of rotatable bonds is 5. The molecule has 5 heteroatoms. The van der Waals surface area contributed by atoms with Crippen LogP contribution in [-0.2, 0) is 26.3 Å². The fourth-order valence-corrected chi connectivity index (χ4v) is 2.27. The lowest BCUT2D eigenvalue weighted by Gasteiger charge is -2.12. The SMILES string of the molecule is CCc1nc(-c2cnn(C)c2)nc(CC)c1CCN. The molecule has 0 fully saturated rings. The van der Waals surface area contributed by atoms with Gasteiger partial charge in [-0.2, -0.15) is 5.10 Å². The van der Waals surface area contributed by atoms with Gasteiger partial charge in [0.2, 0.25) is 0 Å². The minimum atomic E-state index is 0.635. The number of aromatic nitrogens is 4. The van der Waals surface area contributed by atoms with Crippen LogP contribution in [0.3, 0.4) is 0 Å². The molecule has 2 heterocycles. The van der Waals surface area contributed by atoms with E-state index in [-0.39, 0.29) is 0 Å². The van der Waals surface area contributed by atoms with Crippen LogP contribution < -0.4 is 5.73 Å². The molecule has 0 saturated heterocycles. The van der Waals surface area contributed by atoms with Gasteiger partial charge in [0.1, 0.15) is 0 Å². The summed E-state index contributed by atoms with van der Waals surface area (Å²) >= 11 is 0. The van der Waals surface area contributed by atoms with Crippen molar-refractivity contribution in [2.45, 2.75) is 33.1 Å². The Morgan fingerprint density at radius 2 is 1.79 bits per heavy atom. The molecule has 0 bridgehead atoms. The van der Waals surface area contributed by atoms with Crippen LogP contribution in [0, 0.1) is 0 Å². The maximum absolute atomic E-state index is 5.69. The Labute approximate surface area is 113 Å². The van der Waals surface area contributed by atoms with Crippen molar-refractivity contribution in [2.75, 3.05) is 6.54 Å². The summed E-state index contributed by atoms with van der Waals surface area (Å²) in [6.45, 7) is 4.87. The van der Waals surface area contributed by atoms with Gasteiger partial charge in [-0.25, -0.2) is 9.97 Å². The predicted molar refractivity (Wildman–Crippen MR) is 75.7 cm³/mol. The smallest absolute Gasteiger partial charge is 0.162 e. The van der Waals surface area contributed by atoms with Gasteiger partial charge >= 0.3 is 0 Å². The topological polar surface area (TPSA) is 69.6 Å². The maximum Gasteiger partial charge on any atom is 0.162 e. The minimum Gasteiger partial charge on any atom is -0.330 e. The molecule has 2 N–H and O–H groups in total. The lowest BCUT2D eigenvalue weighted by molar-refractivity contribution is 0.767. The second-order valence-corrected chi connectivity index (χ2v) is 4.57. The largest absolute Gasteiger partial charge is 0.330 e. The molecular formula is C14H21N5. The molecule has 0 atom stereocenters. The van der Waals surface area contributed by atoms with Crippen LogP contribution in [0.15, 0.2) is 12.4 Å². The predicted octanol–water partition coefficient (Wildman–Crippen LogP) is 1.50. The Hall–Kier alpha value is -1.75. The van der Waals surface area contributed by atoms with Crippen LogP contribution in [0.25, 0.3) is 11.4 Å². The number of hydrogen-bond donors (Lipinski definition) is 1. The van der Waals surface area contributed by atoms with E-state index in [4.69, 9.17) is 5.73 Å². The molecule has 0 amide bonds. The second-order valence-electron chi connectivity index (χ2n) is 4.57. The third-order valence-electron chi connectivity index (χ3n) is 3.21. The molecule has 0 aliphatic rings. The van der Waals surface area contributed by atoms with Crippen LogP contribution >= 0.6 is 0 Å². The second kappa shape index (κ2) is 5.93. The molecule has 2 rings (SSSR count). The highest BCUT2D eigenvalue weighted by atomic mass is 15.2. The fraction of sp³-hybridized carbons (Fsp3) is 0.500. The Morgan fingerprint density at radius 3 is 2.21 bits per heavy atom. The van der Waals surface area contributed by atoms with Crippen molar-refractivity contribution in [1.29, 1.82) is 0 Å². The molecule has 102 valence electrons. The van der Waals surface area contributed by atoms with Gasteiger partial charge in [-0.3, -0.25) is 4.68 Å². The molecule has 0 unspecified atom stereocenters. The van der Waals surface area contributed by atoms with E-state index in [9.17, 15) is 0 Å². The first-order chi connectivity index (χ1) is 9.19. The quantitative estimate of drug-likeness (QED) is 0.883. The molecule has 0 spiro atoms. The van der Waals surface area contributed by atoms with Gasteiger partial charge in [0, 0.05) is 24.6 Å². The fourth-order valence-electron chi connectivity index (χ4n) is 2.27. The Balaban J connectivity index is 2.52. The number of aryl methyl sites for hydroxylation is 3. The van der Waals surface area contributed by atoms with Gasteiger partial charge < -0.3 is 5.73 Å². The van der Waals surface area contributed by atoms with Crippen molar-refractivity contribution >= 4 is 0 Å². The normalized spacial score (nSPS) is 10.9. The molecule has 0 radical (unpaired) electrons. The monoisotopic (exact) mass is 259 g/mol. The first kappa shape index (κ1) is 13.7.